The van der Waals surface area contributed by atoms with Crippen LogP contribution in [0.5, 0.6) is 0 Å². The van der Waals surface area contributed by atoms with Gasteiger partial charge in [0.2, 0.25) is 5.95 Å². The van der Waals surface area contributed by atoms with E-state index in [9.17, 15) is 5.26 Å². The molecule has 0 aliphatic carbocycles. The quantitative estimate of drug-likeness (QED) is 0.743. The molecule has 5 nitrogen and oxygen atoms in total. The Balaban J connectivity index is 1.92. The van der Waals surface area contributed by atoms with Crippen LogP contribution >= 0.6 is 0 Å². The third-order valence-corrected chi connectivity index (χ3v) is 3.84. The van der Waals surface area contributed by atoms with Gasteiger partial charge in [0.15, 0.2) is 0 Å². The van der Waals surface area contributed by atoms with Crippen molar-refractivity contribution in [3.8, 4) is 6.07 Å². The number of hydrogen-bond acceptors (Lipinski definition) is 5. The van der Waals surface area contributed by atoms with Crippen LogP contribution in [0.2, 0.25) is 0 Å². The lowest BCUT2D eigenvalue weighted by molar-refractivity contribution is 0.977. The van der Waals surface area contributed by atoms with Crippen molar-refractivity contribution in [1.29, 1.82) is 5.26 Å². The van der Waals surface area contributed by atoms with Gasteiger partial charge in [-0.1, -0.05) is 24.3 Å². The number of aromatic nitrogens is 2. The zero-order chi connectivity index (χ0) is 17.6. The zero-order valence-corrected chi connectivity index (χ0v) is 14.3. The summed E-state index contributed by atoms with van der Waals surface area (Å²) in [6, 6.07) is 19.7. The number of rotatable bonds is 5. The molecule has 0 saturated carbocycles. The van der Waals surface area contributed by atoms with E-state index < -0.39 is 0 Å². The molecule has 124 valence electrons. The molecule has 0 unspecified atom stereocenters. The molecule has 1 heterocycles. The number of nitrogens with zero attached hydrogens (tertiary/aromatic N) is 4. The van der Waals surface area contributed by atoms with Crippen molar-refractivity contribution in [1.82, 2.24) is 9.97 Å². The van der Waals surface area contributed by atoms with E-state index >= 15 is 0 Å². The molecule has 0 radical (unpaired) electrons. The van der Waals surface area contributed by atoms with E-state index in [0.29, 0.717) is 17.2 Å². The first-order valence-corrected chi connectivity index (χ1v) is 8.14. The SMILES string of the molecule is CCN(c1cccc(C)c1)c1ccnc(Nc2ccccc2C#N)n1. The van der Waals surface area contributed by atoms with Crippen LogP contribution in [0, 0.1) is 18.3 Å². The predicted octanol–water partition coefficient (Wildman–Crippen LogP) is 4.56. The van der Waals surface area contributed by atoms with Gasteiger partial charge in [0.05, 0.1) is 11.3 Å². The summed E-state index contributed by atoms with van der Waals surface area (Å²) in [5.41, 5.74) is 3.54. The Bertz CT molecular complexity index is 914. The maximum atomic E-state index is 9.21. The first kappa shape index (κ1) is 16.5. The van der Waals surface area contributed by atoms with Crippen LogP contribution in [0.1, 0.15) is 18.1 Å². The van der Waals surface area contributed by atoms with Crippen LogP contribution in [-0.2, 0) is 0 Å². The number of benzene rings is 2. The van der Waals surface area contributed by atoms with Gasteiger partial charge in [-0.15, -0.1) is 0 Å². The minimum absolute atomic E-state index is 0.464. The Labute approximate surface area is 147 Å². The summed E-state index contributed by atoms with van der Waals surface area (Å²) in [7, 11) is 0. The van der Waals surface area contributed by atoms with Crippen molar-refractivity contribution >= 4 is 23.1 Å². The van der Waals surface area contributed by atoms with Gasteiger partial charge < -0.3 is 10.2 Å². The fourth-order valence-electron chi connectivity index (χ4n) is 2.64. The summed E-state index contributed by atoms with van der Waals surface area (Å²) in [6.45, 7) is 4.94. The molecule has 2 aromatic carbocycles. The maximum absolute atomic E-state index is 9.21. The number of para-hydroxylation sites is 1. The van der Waals surface area contributed by atoms with E-state index in [1.54, 1.807) is 12.3 Å². The lowest BCUT2D eigenvalue weighted by Crippen LogP contribution is -2.18. The van der Waals surface area contributed by atoms with Crippen molar-refractivity contribution < 1.29 is 0 Å². The standard InChI is InChI=1S/C20H19N5/c1-3-25(17-9-6-7-15(2)13-17)19-11-12-22-20(24-19)23-18-10-5-4-8-16(18)14-21/h4-13H,3H2,1-2H3,(H,22,23,24). The minimum atomic E-state index is 0.464. The molecular weight excluding hydrogens is 310 g/mol. The Kier molecular flexibility index (Phi) is 4.91. The normalized spacial score (nSPS) is 10.1. The number of aryl methyl sites for hydroxylation is 1. The van der Waals surface area contributed by atoms with E-state index in [1.807, 2.05) is 30.3 Å². The molecule has 1 N–H and O–H groups in total. The molecule has 0 amide bonds. The van der Waals surface area contributed by atoms with Crippen molar-refractivity contribution in [3.05, 3.63) is 71.9 Å². The lowest BCUT2D eigenvalue weighted by Gasteiger charge is -2.22. The lowest BCUT2D eigenvalue weighted by atomic mass is 10.2. The first-order chi connectivity index (χ1) is 12.2. The summed E-state index contributed by atoms with van der Waals surface area (Å²) in [6.07, 6.45) is 1.72. The van der Waals surface area contributed by atoms with E-state index in [-0.39, 0.29) is 0 Å². The number of nitrogens with one attached hydrogen (secondary N) is 1. The van der Waals surface area contributed by atoms with Crippen LogP contribution < -0.4 is 10.2 Å². The van der Waals surface area contributed by atoms with Crippen LogP contribution in [0.4, 0.5) is 23.1 Å². The smallest absolute Gasteiger partial charge is 0.229 e. The van der Waals surface area contributed by atoms with Crippen LogP contribution in [-0.4, -0.2) is 16.5 Å². The van der Waals surface area contributed by atoms with Crippen molar-refractivity contribution in [2.45, 2.75) is 13.8 Å². The molecule has 3 aromatic rings. The zero-order valence-electron chi connectivity index (χ0n) is 14.3. The number of anilines is 4. The molecule has 1 aromatic heterocycles. The highest BCUT2D eigenvalue weighted by atomic mass is 15.2. The Morgan fingerprint density at radius 1 is 1.12 bits per heavy atom. The van der Waals surface area contributed by atoms with Gasteiger partial charge in [-0.25, -0.2) is 4.98 Å². The van der Waals surface area contributed by atoms with Crippen LogP contribution in [0.3, 0.4) is 0 Å². The van der Waals surface area contributed by atoms with E-state index in [2.05, 4.69) is 58.3 Å². The average molecular weight is 329 g/mol. The highest BCUT2D eigenvalue weighted by Crippen LogP contribution is 2.25. The van der Waals surface area contributed by atoms with Gasteiger partial charge in [0.1, 0.15) is 11.9 Å². The predicted molar refractivity (Wildman–Crippen MR) is 100 cm³/mol. The van der Waals surface area contributed by atoms with Crippen molar-refractivity contribution in [2.24, 2.45) is 0 Å². The molecule has 5 heteroatoms. The maximum Gasteiger partial charge on any atom is 0.229 e. The highest BCUT2D eigenvalue weighted by Gasteiger charge is 2.11. The van der Waals surface area contributed by atoms with E-state index in [4.69, 9.17) is 0 Å². The second kappa shape index (κ2) is 7.45. The van der Waals surface area contributed by atoms with Crippen molar-refractivity contribution in [3.63, 3.8) is 0 Å². The molecule has 0 aliphatic rings. The Morgan fingerprint density at radius 3 is 2.72 bits per heavy atom. The minimum Gasteiger partial charge on any atom is -0.326 e. The molecule has 0 fully saturated rings. The fraction of sp³-hybridized carbons (Fsp3) is 0.150. The third kappa shape index (κ3) is 3.75. The van der Waals surface area contributed by atoms with Gasteiger partial charge in [0, 0.05) is 18.4 Å². The molecule has 3 rings (SSSR count). The third-order valence-electron chi connectivity index (χ3n) is 3.84. The van der Waals surface area contributed by atoms with Gasteiger partial charge in [-0.3, -0.25) is 0 Å². The van der Waals surface area contributed by atoms with Gasteiger partial charge >= 0.3 is 0 Å². The van der Waals surface area contributed by atoms with Gasteiger partial charge in [-0.2, -0.15) is 10.2 Å². The molecule has 0 bridgehead atoms. The average Bonchev–Trinajstić information content (AvgIpc) is 2.63. The molecule has 0 aliphatic heterocycles. The summed E-state index contributed by atoms with van der Waals surface area (Å²) in [4.78, 5) is 11.0. The van der Waals surface area contributed by atoms with E-state index in [0.717, 1.165) is 18.1 Å². The number of hydrogen-bond donors (Lipinski definition) is 1. The Hall–Kier alpha value is -3.39. The molecule has 0 spiro atoms. The summed E-state index contributed by atoms with van der Waals surface area (Å²) in [5.74, 6) is 1.27. The van der Waals surface area contributed by atoms with E-state index in [1.165, 1.54) is 5.56 Å². The summed E-state index contributed by atoms with van der Waals surface area (Å²) >= 11 is 0. The highest BCUT2D eigenvalue weighted by molar-refractivity contribution is 5.65. The van der Waals surface area contributed by atoms with Crippen LogP contribution in [0.15, 0.2) is 60.8 Å². The second-order valence-corrected chi connectivity index (χ2v) is 5.60. The van der Waals surface area contributed by atoms with Gasteiger partial charge in [0.25, 0.3) is 0 Å². The first-order valence-electron chi connectivity index (χ1n) is 8.14. The topological polar surface area (TPSA) is 64.8 Å². The summed E-state index contributed by atoms with van der Waals surface area (Å²) in [5, 5.41) is 12.3. The monoisotopic (exact) mass is 329 g/mol. The molecule has 0 atom stereocenters. The second-order valence-electron chi connectivity index (χ2n) is 5.60. The largest absolute Gasteiger partial charge is 0.326 e. The Morgan fingerprint density at radius 2 is 1.96 bits per heavy atom. The fourth-order valence-corrected chi connectivity index (χ4v) is 2.64. The molecule has 25 heavy (non-hydrogen) atoms. The summed E-state index contributed by atoms with van der Waals surface area (Å²) < 4.78 is 0. The number of nitriles is 1. The van der Waals surface area contributed by atoms with Crippen molar-refractivity contribution in [2.75, 3.05) is 16.8 Å². The molecular formula is C20H19N5. The molecule has 0 saturated heterocycles. The van der Waals surface area contributed by atoms with Crippen LogP contribution in [0.25, 0.3) is 0 Å². The van der Waals surface area contributed by atoms with Gasteiger partial charge in [-0.05, 0) is 49.7 Å².